The summed E-state index contributed by atoms with van der Waals surface area (Å²) in [5.74, 6) is -0.857. The van der Waals surface area contributed by atoms with Crippen LogP contribution in [0.4, 0.5) is 14.9 Å². The van der Waals surface area contributed by atoms with Crippen molar-refractivity contribution in [3.63, 3.8) is 0 Å². The topological polar surface area (TPSA) is 104 Å². The first-order chi connectivity index (χ1) is 16.3. The van der Waals surface area contributed by atoms with Gasteiger partial charge in [-0.3, -0.25) is 9.79 Å². The third-order valence-electron chi connectivity index (χ3n) is 6.10. The van der Waals surface area contributed by atoms with Crippen molar-refractivity contribution in [3.8, 4) is 11.5 Å². The van der Waals surface area contributed by atoms with E-state index < -0.39 is 17.4 Å². The van der Waals surface area contributed by atoms with Gasteiger partial charge < -0.3 is 24.4 Å². The molecular weight excluding hydrogens is 465 g/mol. The highest BCUT2D eigenvalue weighted by Gasteiger charge is 2.32. The fourth-order valence-electron chi connectivity index (χ4n) is 4.32. The summed E-state index contributed by atoms with van der Waals surface area (Å²) < 4.78 is 21.6. The largest absolute Gasteiger partial charge is 0.511 e. The number of anilines is 1. The molecule has 10 heteroatoms. The number of fused-ring (bicyclic) bond motifs is 1. The van der Waals surface area contributed by atoms with Crippen LogP contribution in [0, 0.1) is 5.82 Å². The molecule has 176 valence electrons. The number of aliphatic imine (C=N–C) groups is 1. The van der Waals surface area contributed by atoms with E-state index in [-0.39, 0.29) is 39.7 Å². The minimum atomic E-state index is -1.61. The highest BCUT2D eigenvalue weighted by atomic mass is 35.5. The molecule has 1 unspecified atom stereocenters. The van der Waals surface area contributed by atoms with E-state index in [4.69, 9.17) is 16.7 Å². The van der Waals surface area contributed by atoms with Crippen LogP contribution in [-0.4, -0.2) is 46.3 Å². The molecule has 8 nitrogen and oxygen atoms in total. The summed E-state index contributed by atoms with van der Waals surface area (Å²) in [4.78, 5) is 30.2. The summed E-state index contributed by atoms with van der Waals surface area (Å²) in [6.07, 6.45) is 3.83. The Morgan fingerprint density at radius 1 is 1.24 bits per heavy atom. The number of benzene rings is 2. The Morgan fingerprint density at radius 2 is 1.97 bits per heavy atom. The van der Waals surface area contributed by atoms with Crippen molar-refractivity contribution in [2.75, 3.05) is 18.0 Å². The van der Waals surface area contributed by atoms with Crippen LogP contribution >= 0.6 is 11.6 Å². The number of hydrogen-bond acceptors (Lipinski definition) is 6. The summed E-state index contributed by atoms with van der Waals surface area (Å²) in [6.45, 7) is 0.984. The predicted molar refractivity (Wildman–Crippen MR) is 126 cm³/mol. The number of halogens is 2. The van der Waals surface area contributed by atoms with E-state index in [0.717, 1.165) is 24.5 Å². The summed E-state index contributed by atoms with van der Waals surface area (Å²) in [6, 6.07) is 7.75. The molecule has 2 heterocycles. The normalized spacial score (nSPS) is 18.2. The second-order valence-corrected chi connectivity index (χ2v) is 8.88. The van der Waals surface area contributed by atoms with Crippen molar-refractivity contribution in [1.29, 1.82) is 0 Å². The van der Waals surface area contributed by atoms with Gasteiger partial charge in [-0.25, -0.2) is 9.18 Å². The average Bonchev–Trinajstić information content (AvgIpc) is 3.54. The number of phenols is 1. The monoisotopic (exact) mass is 485 g/mol. The molecule has 1 aromatic heterocycles. The molecule has 1 saturated carbocycles. The van der Waals surface area contributed by atoms with E-state index >= 15 is 4.39 Å². The van der Waals surface area contributed by atoms with Gasteiger partial charge in [0.2, 0.25) is 5.43 Å². The standard InChI is InChI=1S/C24H21ClFN3O5/c25-20-21-17(23(31)19(34-24(32)33)12-29(21)15-3-4-15)9-18(26)22(20)28-8-7-14(11-28)27-10-13-1-5-16(30)6-2-13/h1-2,5-6,9-10,12,14-15,30H,3-4,7-8,11H2,(H,32,33). The smallest absolute Gasteiger partial charge is 0.508 e. The highest BCUT2D eigenvalue weighted by molar-refractivity contribution is 6.38. The summed E-state index contributed by atoms with van der Waals surface area (Å²) in [5.41, 5.74) is 0.704. The fraction of sp³-hybridized carbons (Fsp3) is 0.292. The lowest BCUT2D eigenvalue weighted by molar-refractivity contribution is 0.143. The Kier molecular flexibility index (Phi) is 5.65. The number of carboxylic acid groups (broad SMARTS) is 1. The molecule has 2 N–H and O–H groups in total. The van der Waals surface area contributed by atoms with Crippen LogP contribution in [0.25, 0.3) is 10.9 Å². The van der Waals surface area contributed by atoms with Gasteiger partial charge in [-0.05, 0) is 55.2 Å². The summed E-state index contributed by atoms with van der Waals surface area (Å²) in [7, 11) is 0. The molecule has 1 atom stereocenters. The van der Waals surface area contributed by atoms with Gasteiger partial charge in [0.1, 0.15) is 11.6 Å². The van der Waals surface area contributed by atoms with Crippen LogP contribution in [0.5, 0.6) is 11.5 Å². The molecule has 0 radical (unpaired) electrons. The minimum Gasteiger partial charge on any atom is -0.508 e. The SMILES string of the molecule is O=C(O)Oc1cn(C2CC2)c2c(Cl)c(N3CCC(N=Cc4ccc(O)cc4)C3)c(F)cc2c1=O. The van der Waals surface area contributed by atoms with Crippen molar-refractivity contribution in [3.05, 3.63) is 63.2 Å². The van der Waals surface area contributed by atoms with Gasteiger partial charge >= 0.3 is 6.16 Å². The molecule has 34 heavy (non-hydrogen) atoms. The summed E-state index contributed by atoms with van der Waals surface area (Å²) in [5, 5.41) is 18.5. The zero-order chi connectivity index (χ0) is 24.0. The maximum Gasteiger partial charge on any atom is 0.511 e. The maximum absolute atomic E-state index is 15.3. The van der Waals surface area contributed by atoms with Gasteiger partial charge in [0.05, 0.1) is 33.9 Å². The second kappa shape index (κ2) is 8.64. The molecule has 1 saturated heterocycles. The van der Waals surface area contributed by atoms with E-state index in [1.54, 1.807) is 35.0 Å². The van der Waals surface area contributed by atoms with Crippen molar-refractivity contribution in [2.24, 2.45) is 4.99 Å². The minimum absolute atomic E-state index is 0.0157. The van der Waals surface area contributed by atoms with Crippen LogP contribution in [0.2, 0.25) is 5.02 Å². The molecule has 1 aliphatic carbocycles. The van der Waals surface area contributed by atoms with Crippen LogP contribution in [0.15, 0.2) is 46.3 Å². The van der Waals surface area contributed by atoms with E-state index in [2.05, 4.69) is 9.73 Å². The van der Waals surface area contributed by atoms with Crippen LogP contribution < -0.4 is 15.1 Å². The van der Waals surface area contributed by atoms with E-state index in [1.807, 2.05) is 4.90 Å². The number of ether oxygens (including phenoxy) is 1. The van der Waals surface area contributed by atoms with Gasteiger partial charge in [0.15, 0.2) is 5.75 Å². The highest BCUT2D eigenvalue weighted by Crippen LogP contribution is 2.43. The Balaban J connectivity index is 1.49. The Labute approximate surface area is 198 Å². The van der Waals surface area contributed by atoms with Crippen LogP contribution in [-0.2, 0) is 0 Å². The first-order valence-electron chi connectivity index (χ1n) is 10.9. The third-order valence-corrected chi connectivity index (χ3v) is 6.45. The lowest BCUT2D eigenvalue weighted by Gasteiger charge is -2.23. The van der Waals surface area contributed by atoms with Crippen LogP contribution in [0.3, 0.4) is 0 Å². The lowest BCUT2D eigenvalue weighted by atomic mass is 10.1. The maximum atomic E-state index is 15.3. The molecule has 0 spiro atoms. The van der Waals surface area contributed by atoms with Gasteiger partial charge in [0.25, 0.3) is 0 Å². The molecule has 0 amide bonds. The van der Waals surface area contributed by atoms with Gasteiger partial charge in [-0.1, -0.05) is 11.6 Å². The Hall–Kier alpha value is -3.59. The van der Waals surface area contributed by atoms with Gasteiger partial charge in [-0.2, -0.15) is 0 Å². The number of aromatic nitrogens is 1. The van der Waals surface area contributed by atoms with E-state index in [9.17, 15) is 14.7 Å². The number of aromatic hydroxyl groups is 1. The average molecular weight is 486 g/mol. The zero-order valence-electron chi connectivity index (χ0n) is 17.9. The fourth-order valence-corrected chi connectivity index (χ4v) is 4.73. The Bertz CT molecular complexity index is 1370. The molecule has 2 aromatic carbocycles. The number of hydrogen-bond donors (Lipinski definition) is 2. The van der Waals surface area contributed by atoms with Crippen molar-refractivity contribution < 1.29 is 24.1 Å². The quantitative estimate of drug-likeness (QED) is 0.404. The van der Waals surface area contributed by atoms with Gasteiger partial charge in [-0.15, -0.1) is 0 Å². The first-order valence-corrected chi connectivity index (χ1v) is 11.2. The number of phenolic OH excluding ortho intramolecular Hbond substituents is 1. The number of pyridine rings is 1. The number of rotatable bonds is 5. The first kappa shape index (κ1) is 22.2. The van der Waals surface area contributed by atoms with Crippen molar-refractivity contribution >= 4 is 40.6 Å². The van der Waals surface area contributed by atoms with Crippen molar-refractivity contribution in [2.45, 2.75) is 31.3 Å². The molecule has 1 aliphatic heterocycles. The predicted octanol–water partition coefficient (Wildman–Crippen LogP) is 4.59. The molecular formula is C24H21ClFN3O5. The lowest BCUT2D eigenvalue weighted by Crippen LogP contribution is -2.23. The van der Waals surface area contributed by atoms with E-state index in [0.29, 0.717) is 25.0 Å². The number of nitrogens with zero attached hydrogens (tertiary/aromatic N) is 3. The molecule has 2 fully saturated rings. The zero-order valence-corrected chi connectivity index (χ0v) is 18.7. The second-order valence-electron chi connectivity index (χ2n) is 8.50. The molecule has 0 bridgehead atoms. The Morgan fingerprint density at radius 3 is 2.65 bits per heavy atom. The molecule has 2 aliphatic rings. The number of carbonyl (C=O) groups is 1. The third kappa shape index (κ3) is 4.19. The molecule has 5 rings (SSSR count). The van der Waals surface area contributed by atoms with Crippen molar-refractivity contribution in [1.82, 2.24) is 4.57 Å². The summed E-state index contributed by atoms with van der Waals surface area (Å²) >= 11 is 6.71. The van der Waals surface area contributed by atoms with Gasteiger partial charge in [0, 0.05) is 25.3 Å². The van der Waals surface area contributed by atoms with Crippen LogP contribution in [0.1, 0.15) is 30.9 Å². The molecule has 3 aromatic rings. The van der Waals surface area contributed by atoms with E-state index in [1.165, 1.54) is 6.20 Å².